The Morgan fingerprint density at radius 1 is 1.45 bits per heavy atom. The lowest BCUT2D eigenvalue weighted by molar-refractivity contribution is -0.117. The van der Waals surface area contributed by atoms with Crippen molar-refractivity contribution in [1.29, 1.82) is 0 Å². The van der Waals surface area contributed by atoms with Crippen molar-refractivity contribution < 1.29 is 33.0 Å². The minimum atomic E-state index is -2.48. The molecule has 6 nitrogen and oxygen atoms in total. The van der Waals surface area contributed by atoms with E-state index in [1.165, 1.54) is 6.08 Å². The number of carbonyl (C=O) groups is 2. The maximum Gasteiger partial charge on any atom is 0.505 e. The van der Waals surface area contributed by atoms with Crippen LogP contribution in [0.25, 0.3) is 0 Å². The standard InChI is InChI=1S/C14H19F2NO5/c15-11(16)8-22-10-1-4-14(5-2-10)9(7-12(18)17-14)3-6-21-13(19)20/h7,10-11H,1-6,8H2,(H,17,18)(H,19,20). The van der Waals surface area contributed by atoms with Crippen molar-refractivity contribution in [1.82, 2.24) is 5.32 Å². The number of alkyl halides is 2. The van der Waals surface area contributed by atoms with Gasteiger partial charge in [0.05, 0.1) is 18.2 Å². The van der Waals surface area contributed by atoms with Crippen molar-refractivity contribution in [2.75, 3.05) is 13.2 Å². The molecular formula is C14H19F2NO5. The average molecular weight is 319 g/mol. The average Bonchev–Trinajstić information content (AvgIpc) is 2.74. The van der Waals surface area contributed by atoms with Crippen LogP contribution in [0.1, 0.15) is 32.1 Å². The molecule has 0 aromatic carbocycles. The molecule has 0 saturated heterocycles. The van der Waals surface area contributed by atoms with Crippen molar-refractivity contribution >= 4 is 12.1 Å². The Morgan fingerprint density at radius 2 is 2.14 bits per heavy atom. The number of nitrogens with one attached hydrogen (secondary N) is 1. The molecule has 2 N–H and O–H groups in total. The summed E-state index contributed by atoms with van der Waals surface area (Å²) in [6.07, 6.45) is 0.0835. The van der Waals surface area contributed by atoms with Gasteiger partial charge in [-0.25, -0.2) is 13.6 Å². The van der Waals surface area contributed by atoms with E-state index in [1.807, 2.05) is 0 Å². The first-order valence-electron chi connectivity index (χ1n) is 7.20. The van der Waals surface area contributed by atoms with Crippen LogP contribution in [0.3, 0.4) is 0 Å². The summed E-state index contributed by atoms with van der Waals surface area (Å²) in [5, 5.41) is 11.4. The van der Waals surface area contributed by atoms with Gasteiger partial charge in [0, 0.05) is 12.5 Å². The molecule has 0 atom stereocenters. The molecule has 1 fully saturated rings. The molecular weight excluding hydrogens is 300 g/mol. The van der Waals surface area contributed by atoms with Gasteiger partial charge in [-0.15, -0.1) is 0 Å². The Labute approximate surface area is 126 Å². The summed E-state index contributed by atoms with van der Waals surface area (Å²) in [7, 11) is 0. The summed E-state index contributed by atoms with van der Waals surface area (Å²) in [6.45, 7) is -0.581. The minimum Gasteiger partial charge on any atom is -0.450 e. The Bertz CT molecular complexity index is 458. The summed E-state index contributed by atoms with van der Waals surface area (Å²) in [4.78, 5) is 22.0. The molecule has 0 aromatic heterocycles. The molecule has 22 heavy (non-hydrogen) atoms. The van der Waals surface area contributed by atoms with Crippen LogP contribution in [-0.2, 0) is 14.3 Å². The van der Waals surface area contributed by atoms with Crippen molar-refractivity contribution in [3.63, 3.8) is 0 Å². The number of hydrogen-bond donors (Lipinski definition) is 2. The van der Waals surface area contributed by atoms with Gasteiger partial charge in [0.15, 0.2) is 0 Å². The van der Waals surface area contributed by atoms with Gasteiger partial charge in [-0.3, -0.25) is 4.79 Å². The zero-order valence-electron chi connectivity index (χ0n) is 12.0. The fraction of sp³-hybridized carbons (Fsp3) is 0.714. The van der Waals surface area contributed by atoms with Crippen LogP contribution in [0.5, 0.6) is 0 Å². The fourth-order valence-corrected chi connectivity index (χ4v) is 3.11. The monoisotopic (exact) mass is 319 g/mol. The predicted molar refractivity (Wildman–Crippen MR) is 71.8 cm³/mol. The van der Waals surface area contributed by atoms with Crippen LogP contribution in [0.15, 0.2) is 11.6 Å². The summed E-state index contributed by atoms with van der Waals surface area (Å²) in [6, 6.07) is 0. The van der Waals surface area contributed by atoms with E-state index in [9.17, 15) is 18.4 Å². The summed E-state index contributed by atoms with van der Waals surface area (Å²) >= 11 is 0. The molecule has 0 radical (unpaired) electrons. The van der Waals surface area contributed by atoms with Crippen LogP contribution in [-0.4, -0.2) is 48.5 Å². The lowest BCUT2D eigenvalue weighted by Gasteiger charge is -2.39. The van der Waals surface area contributed by atoms with E-state index in [0.29, 0.717) is 32.1 Å². The van der Waals surface area contributed by atoms with Gasteiger partial charge in [-0.1, -0.05) is 0 Å². The molecule has 2 rings (SSSR count). The number of ether oxygens (including phenoxy) is 2. The normalized spacial score (nSPS) is 27.9. The number of halogens is 2. The van der Waals surface area contributed by atoms with Crippen LogP contribution < -0.4 is 5.32 Å². The summed E-state index contributed by atoms with van der Waals surface area (Å²) < 4.78 is 33.9. The molecule has 0 aromatic rings. The van der Waals surface area contributed by atoms with Gasteiger partial charge < -0.3 is 19.9 Å². The highest BCUT2D eigenvalue weighted by atomic mass is 19.3. The Hall–Kier alpha value is -1.70. The van der Waals surface area contributed by atoms with Crippen LogP contribution in [0.4, 0.5) is 13.6 Å². The number of carbonyl (C=O) groups excluding carboxylic acids is 1. The van der Waals surface area contributed by atoms with Crippen LogP contribution in [0, 0.1) is 0 Å². The first-order chi connectivity index (χ1) is 10.4. The molecule has 0 unspecified atom stereocenters. The number of rotatable bonds is 6. The predicted octanol–water partition coefficient (Wildman–Crippen LogP) is 2.09. The smallest absolute Gasteiger partial charge is 0.450 e. The zero-order valence-corrected chi connectivity index (χ0v) is 12.0. The number of hydrogen-bond acceptors (Lipinski definition) is 4. The molecule has 0 bridgehead atoms. The lowest BCUT2D eigenvalue weighted by Crippen LogP contribution is -2.48. The molecule has 1 aliphatic heterocycles. The molecule has 124 valence electrons. The summed E-state index contributed by atoms with van der Waals surface area (Å²) in [5.74, 6) is -0.211. The second-order valence-electron chi connectivity index (χ2n) is 5.53. The molecule has 8 heteroatoms. The third kappa shape index (κ3) is 4.16. The molecule has 1 spiro atoms. The van der Waals surface area contributed by atoms with Gasteiger partial charge in [-0.2, -0.15) is 0 Å². The van der Waals surface area contributed by atoms with Crippen molar-refractivity contribution in [3.8, 4) is 0 Å². The Morgan fingerprint density at radius 3 is 2.73 bits per heavy atom. The Kier molecular flexibility index (Phi) is 5.33. The second-order valence-corrected chi connectivity index (χ2v) is 5.53. The molecule has 2 aliphatic rings. The lowest BCUT2D eigenvalue weighted by atomic mass is 9.75. The van der Waals surface area contributed by atoms with Gasteiger partial charge in [-0.05, 0) is 31.3 Å². The van der Waals surface area contributed by atoms with Gasteiger partial charge in [0.2, 0.25) is 5.91 Å². The van der Waals surface area contributed by atoms with Gasteiger partial charge in [0.1, 0.15) is 6.61 Å². The Balaban J connectivity index is 1.88. The van der Waals surface area contributed by atoms with Crippen molar-refractivity contribution in [3.05, 3.63) is 11.6 Å². The molecule has 1 heterocycles. The van der Waals surface area contributed by atoms with Gasteiger partial charge in [0.25, 0.3) is 6.43 Å². The molecule has 1 aliphatic carbocycles. The number of carboxylic acid groups (broad SMARTS) is 1. The van der Waals surface area contributed by atoms with E-state index in [0.717, 1.165) is 5.57 Å². The highest BCUT2D eigenvalue weighted by Gasteiger charge is 2.43. The zero-order chi connectivity index (χ0) is 16.2. The first-order valence-corrected chi connectivity index (χ1v) is 7.20. The molecule has 1 saturated carbocycles. The maximum atomic E-state index is 12.1. The maximum absolute atomic E-state index is 12.1. The SMILES string of the molecule is O=C1C=C(CCOC(=O)O)C2(CCC(OCC(F)F)CC2)N1. The third-order valence-electron chi connectivity index (χ3n) is 4.12. The fourth-order valence-electron chi connectivity index (χ4n) is 3.11. The van der Waals surface area contributed by atoms with Crippen LogP contribution >= 0.6 is 0 Å². The van der Waals surface area contributed by atoms with E-state index < -0.39 is 24.7 Å². The topological polar surface area (TPSA) is 84.9 Å². The van der Waals surface area contributed by atoms with Crippen LogP contribution in [0.2, 0.25) is 0 Å². The van der Waals surface area contributed by atoms with E-state index in [4.69, 9.17) is 9.84 Å². The van der Waals surface area contributed by atoms with E-state index in [2.05, 4.69) is 10.1 Å². The third-order valence-corrected chi connectivity index (χ3v) is 4.12. The largest absolute Gasteiger partial charge is 0.505 e. The molecule has 1 amide bonds. The van der Waals surface area contributed by atoms with E-state index in [1.54, 1.807) is 0 Å². The van der Waals surface area contributed by atoms with Crippen molar-refractivity contribution in [2.24, 2.45) is 0 Å². The first kappa shape index (κ1) is 16.7. The summed E-state index contributed by atoms with van der Waals surface area (Å²) in [5.41, 5.74) is 0.301. The van der Waals surface area contributed by atoms with E-state index in [-0.39, 0.29) is 18.6 Å². The van der Waals surface area contributed by atoms with Gasteiger partial charge >= 0.3 is 6.16 Å². The highest BCUT2D eigenvalue weighted by molar-refractivity contribution is 5.93. The minimum absolute atomic E-state index is 0.0107. The van der Waals surface area contributed by atoms with Crippen molar-refractivity contribution in [2.45, 2.75) is 50.2 Å². The second kappa shape index (κ2) is 7.04. The highest BCUT2D eigenvalue weighted by Crippen LogP contribution is 2.39. The van der Waals surface area contributed by atoms with E-state index >= 15 is 0 Å². The number of amides is 1. The quantitative estimate of drug-likeness (QED) is 0.732.